The van der Waals surface area contributed by atoms with Crippen molar-refractivity contribution in [1.82, 2.24) is 14.1 Å². The van der Waals surface area contributed by atoms with Gasteiger partial charge in [-0.15, -0.1) is 0 Å². The van der Waals surface area contributed by atoms with Crippen LogP contribution in [0, 0.1) is 0 Å². The number of nitrogens with zero attached hydrogens (tertiary/aromatic N) is 4. The van der Waals surface area contributed by atoms with E-state index in [0.29, 0.717) is 0 Å². The molecule has 0 atom stereocenters. The largest absolute Gasteiger partial charge is 0.274 e. The van der Waals surface area contributed by atoms with Gasteiger partial charge in [0.1, 0.15) is 11.2 Å². The molecule has 0 bridgehead atoms. The number of rotatable bonds is 1. The number of para-hydroxylation sites is 2. The second-order valence-corrected chi connectivity index (χ2v) is 6.86. The Labute approximate surface area is 150 Å². The van der Waals surface area contributed by atoms with Gasteiger partial charge in [-0.2, -0.15) is 0 Å². The first-order chi connectivity index (χ1) is 12.8. The number of hydrogen-bond acceptors (Lipinski definition) is 1. The highest BCUT2D eigenvalue weighted by atomic mass is 15.2. The van der Waals surface area contributed by atoms with E-state index in [1.54, 1.807) is 0 Å². The summed E-state index contributed by atoms with van der Waals surface area (Å²) < 4.78 is 7.13. The molecule has 0 saturated carbocycles. The normalized spacial score (nSPS) is 12.7. The van der Waals surface area contributed by atoms with Crippen molar-refractivity contribution in [1.29, 1.82) is 0 Å². The third-order valence-electron chi connectivity index (χ3n) is 5.47. The van der Waals surface area contributed by atoms with E-state index in [4.69, 9.17) is 0 Å². The average Bonchev–Trinajstić information content (AvgIpc) is 3.31. The molecule has 0 aliphatic carbocycles. The average molecular weight is 337 g/mol. The van der Waals surface area contributed by atoms with Crippen LogP contribution in [0.15, 0.2) is 73.1 Å². The standard InChI is InChI=1S/C22H17N4/c1-24-21-17-11-12-23-13-15(17)14-25(21)20-18-9-5-6-10-19(18)26(22(20)24)16-7-3-2-4-8-16/h2-13H,14H2,1H3/q+1. The van der Waals surface area contributed by atoms with Crippen molar-refractivity contribution in [3.8, 4) is 17.1 Å². The molecule has 2 aromatic carbocycles. The van der Waals surface area contributed by atoms with E-state index < -0.39 is 0 Å². The molecule has 1 aliphatic rings. The van der Waals surface area contributed by atoms with Gasteiger partial charge in [0.2, 0.25) is 5.82 Å². The summed E-state index contributed by atoms with van der Waals surface area (Å²) in [5.41, 5.74) is 7.52. The van der Waals surface area contributed by atoms with Crippen LogP contribution in [-0.4, -0.2) is 14.1 Å². The molecule has 0 saturated heterocycles. The molecule has 26 heavy (non-hydrogen) atoms. The van der Waals surface area contributed by atoms with E-state index in [9.17, 15) is 0 Å². The molecule has 0 radical (unpaired) electrons. The minimum Gasteiger partial charge on any atom is -0.264 e. The summed E-state index contributed by atoms with van der Waals surface area (Å²) in [6, 6.07) is 21.4. The van der Waals surface area contributed by atoms with Gasteiger partial charge in [0.05, 0.1) is 24.5 Å². The zero-order valence-electron chi connectivity index (χ0n) is 14.4. The summed E-state index contributed by atoms with van der Waals surface area (Å²) >= 11 is 0. The Bertz CT molecular complexity index is 1310. The topological polar surface area (TPSA) is 26.6 Å². The van der Waals surface area contributed by atoms with E-state index >= 15 is 0 Å². The molecule has 4 heteroatoms. The molecular weight excluding hydrogens is 320 g/mol. The van der Waals surface area contributed by atoms with E-state index in [0.717, 1.165) is 6.54 Å². The molecule has 0 unspecified atom stereocenters. The molecule has 4 heterocycles. The smallest absolute Gasteiger partial charge is 0.264 e. The summed E-state index contributed by atoms with van der Waals surface area (Å²) in [5.74, 6) is 1.25. The van der Waals surface area contributed by atoms with Crippen molar-refractivity contribution in [3.05, 3.63) is 78.6 Å². The fourth-order valence-corrected chi connectivity index (χ4v) is 4.43. The first-order valence-electron chi connectivity index (χ1n) is 8.85. The Kier molecular flexibility index (Phi) is 2.57. The van der Waals surface area contributed by atoms with Gasteiger partial charge < -0.3 is 0 Å². The maximum Gasteiger partial charge on any atom is 0.274 e. The van der Waals surface area contributed by atoms with Gasteiger partial charge >= 0.3 is 0 Å². The Balaban J connectivity index is 1.83. The van der Waals surface area contributed by atoms with Crippen molar-refractivity contribution >= 4 is 22.1 Å². The number of pyridine rings is 1. The molecule has 0 amide bonds. The van der Waals surface area contributed by atoms with Gasteiger partial charge in [-0.25, -0.2) is 13.7 Å². The first-order valence-corrected chi connectivity index (χ1v) is 8.85. The number of fused-ring (bicyclic) bond motifs is 7. The maximum atomic E-state index is 4.32. The fourth-order valence-electron chi connectivity index (χ4n) is 4.43. The lowest BCUT2D eigenvalue weighted by molar-refractivity contribution is -0.636. The van der Waals surface area contributed by atoms with Crippen LogP contribution in [-0.2, 0) is 13.6 Å². The predicted molar refractivity (Wildman–Crippen MR) is 102 cm³/mol. The molecule has 3 aromatic heterocycles. The lowest BCUT2D eigenvalue weighted by Gasteiger charge is -2.03. The van der Waals surface area contributed by atoms with Crippen LogP contribution in [0.25, 0.3) is 39.1 Å². The second-order valence-electron chi connectivity index (χ2n) is 6.86. The van der Waals surface area contributed by atoms with Crippen molar-refractivity contribution in [2.75, 3.05) is 0 Å². The predicted octanol–water partition coefficient (Wildman–Crippen LogP) is 3.83. The minimum absolute atomic E-state index is 0.874. The Morgan fingerprint density at radius 3 is 2.65 bits per heavy atom. The quantitative estimate of drug-likeness (QED) is 0.419. The third kappa shape index (κ3) is 1.59. The summed E-state index contributed by atoms with van der Waals surface area (Å²) in [6.07, 6.45) is 3.88. The number of aromatic nitrogens is 4. The van der Waals surface area contributed by atoms with Crippen molar-refractivity contribution in [2.45, 2.75) is 6.54 Å². The fraction of sp³-hybridized carbons (Fsp3) is 0.0909. The van der Waals surface area contributed by atoms with Crippen LogP contribution in [0.4, 0.5) is 0 Å². The molecule has 124 valence electrons. The number of imidazole rings is 1. The Morgan fingerprint density at radius 1 is 0.962 bits per heavy atom. The van der Waals surface area contributed by atoms with Gasteiger partial charge in [-0.3, -0.25) is 4.98 Å². The SMILES string of the molecule is C[n+]1c2n(c3c4ccccc4n(-c4ccccc4)c31)Cc1cnccc1-2. The summed E-state index contributed by atoms with van der Waals surface area (Å²) in [6.45, 7) is 0.874. The van der Waals surface area contributed by atoms with Crippen LogP contribution in [0.1, 0.15) is 5.56 Å². The molecule has 6 rings (SSSR count). The zero-order valence-corrected chi connectivity index (χ0v) is 14.4. The van der Waals surface area contributed by atoms with Crippen molar-refractivity contribution < 1.29 is 4.57 Å². The molecule has 4 nitrogen and oxygen atoms in total. The second kappa shape index (κ2) is 4.82. The van der Waals surface area contributed by atoms with E-state index in [2.05, 4.69) is 86.4 Å². The highest BCUT2D eigenvalue weighted by Gasteiger charge is 2.35. The van der Waals surface area contributed by atoms with E-state index in [1.165, 1.54) is 44.7 Å². The zero-order chi connectivity index (χ0) is 17.3. The molecule has 0 spiro atoms. The van der Waals surface area contributed by atoms with Crippen LogP contribution < -0.4 is 4.57 Å². The van der Waals surface area contributed by atoms with Gasteiger partial charge in [0.25, 0.3) is 5.65 Å². The van der Waals surface area contributed by atoms with Crippen LogP contribution in [0.5, 0.6) is 0 Å². The maximum absolute atomic E-state index is 4.32. The van der Waals surface area contributed by atoms with Gasteiger partial charge in [-0.1, -0.05) is 30.3 Å². The van der Waals surface area contributed by atoms with E-state index in [1.807, 2.05) is 12.4 Å². The number of hydrogen-bond donors (Lipinski definition) is 0. The highest BCUT2D eigenvalue weighted by Crippen LogP contribution is 2.38. The minimum atomic E-state index is 0.874. The summed E-state index contributed by atoms with van der Waals surface area (Å²) in [7, 11) is 2.17. The lowest BCUT2D eigenvalue weighted by Crippen LogP contribution is -2.31. The van der Waals surface area contributed by atoms with E-state index in [-0.39, 0.29) is 0 Å². The number of aryl methyl sites for hydroxylation is 1. The Morgan fingerprint density at radius 2 is 1.77 bits per heavy atom. The molecule has 0 N–H and O–H groups in total. The van der Waals surface area contributed by atoms with Gasteiger partial charge in [0, 0.05) is 18.0 Å². The van der Waals surface area contributed by atoms with Crippen LogP contribution in [0.3, 0.4) is 0 Å². The first kappa shape index (κ1) is 13.8. The monoisotopic (exact) mass is 337 g/mol. The van der Waals surface area contributed by atoms with Crippen LogP contribution in [0.2, 0.25) is 0 Å². The van der Waals surface area contributed by atoms with Crippen molar-refractivity contribution in [2.24, 2.45) is 7.05 Å². The molecule has 0 fully saturated rings. The van der Waals surface area contributed by atoms with Crippen LogP contribution >= 0.6 is 0 Å². The van der Waals surface area contributed by atoms with Crippen molar-refractivity contribution in [3.63, 3.8) is 0 Å². The summed E-state index contributed by atoms with van der Waals surface area (Å²) in [4.78, 5) is 4.32. The number of benzene rings is 2. The van der Waals surface area contributed by atoms with Gasteiger partial charge in [-0.05, 0) is 30.3 Å². The summed E-state index contributed by atoms with van der Waals surface area (Å²) in [5, 5.41) is 1.29. The molecular formula is C22H17N4+. The van der Waals surface area contributed by atoms with Gasteiger partial charge in [0.15, 0.2) is 5.52 Å². The molecule has 5 aromatic rings. The molecule has 1 aliphatic heterocycles. The highest BCUT2D eigenvalue weighted by molar-refractivity contribution is 6.06. The lowest BCUT2D eigenvalue weighted by atomic mass is 10.2. The Hall–Kier alpha value is -3.40. The third-order valence-corrected chi connectivity index (χ3v) is 5.47.